The fourth-order valence-corrected chi connectivity index (χ4v) is 4.90. The van der Waals surface area contributed by atoms with Crippen molar-refractivity contribution < 1.29 is 27.2 Å². The summed E-state index contributed by atoms with van der Waals surface area (Å²) in [5.74, 6) is -0.420. The van der Waals surface area contributed by atoms with Crippen LogP contribution < -0.4 is 9.62 Å². The number of sulfonamides is 1. The summed E-state index contributed by atoms with van der Waals surface area (Å²) in [6, 6.07) is 18.4. The Kier molecular flexibility index (Phi) is 7.06. The van der Waals surface area contributed by atoms with E-state index in [1.165, 1.54) is 30.2 Å². The van der Waals surface area contributed by atoms with Crippen LogP contribution in [0.4, 0.5) is 5.69 Å². The number of esters is 1. The van der Waals surface area contributed by atoms with Crippen molar-refractivity contribution in [3.8, 4) is 0 Å². The van der Waals surface area contributed by atoms with E-state index in [1.54, 1.807) is 55.5 Å². The van der Waals surface area contributed by atoms with Crippen molar-refractivity contribution in [2.75, 3.05) is 12.0 Å². The third-order valence-electron chi connectivity index (χ3n) is 5.33. The van der Waals surface area contributed by atoms with E-state index in [1.807, 2.05) is 6.07 Å². The summed E-state index contributed by atoms with van der Waals surface area (Å²) in [7, 11) is -2.49. The van der Waals surface area contributed by atoms with Crippen molar-refractivity contribution in [2.45, 2.75) is 18.4 Å². The lowest BCUT2D eigenvalue weighted by Gasteiger charge is -2.17. The second-order valence-electron chi connectivity index (χ2n) is 7.57. The van der Waals surface area contributed by atoms with E-state index in [4.69, 9.17) is 9.15 Å². The Bertz CT molecular complexity index is 1440. The minimum Gasteiger partial charge on any atom is -0.465 e. The van der Waals surface area contributed by atoms with E-state index >= 15 is 0 Å². The number of hydrogen-bond acceptors (Lipinski definition) is 6. The highest BCUT2D eigenvalue weighted by molar-refractivity contribution is 9.10. The molecule has 1 aliphatic rings. The van der Waals surface area contributed by atoms with Crippen molar-refractivity contribution in [3.05, 3.63) is 99.6 Å². The second-order valence-corrected chi connectivity index (χ2v) is 10.3. The molecule has 8 nitrogen and oxygen atoms in total. The lowest BCUT2D eigenvalue weighted by molar-refractivity contribution is -0.136. The molecular formula is C25H21BrN2O6S. The Morgan fingerprint density at radius 3 is 2.43 bits per heavy atom. The second kappa shape index (κ2) is 10.0. The SMILES string of the molecule is COC(=O)C1=C(C)N(c2ccccc2)C(=O)/C1=C/c1ccc(CNS(=O)(=O)c2ccc(Br)cc2)o1. The average molecular weight is 557 g/mol. The van der Waals surface area contributed by atoms with Crippen LogP contribution in [0.5, 0.6) is 0 Å². The van der Waals surface area contributed by atoms with E-state index < -0.39 is 21.9 Å². The van der Waals surface area contributed by atoms with Gasteiger partial charge in [0, 0.05) is 15.9 Å². The van der Waals surface area contributed by atoms with Crippen LogP contribution in [-0.4, -0.2) is 27.4 Å². The molecule has 1 amide bonds. The number of ether oxygens (including phenoxy) is 1. The fourth-order valence-electron chi connectivity index (χ4n) is 3.64. The normalized spacial score (nSPS) is 15.2. The van der Waals surface area contributed by atoms with Gasteiger partial charge in [-0.1, -0.05) is 34.1 Å². The summed E-state index contributed by atoms with van der Waals surface area (Å²) in [4.78, 5) is 27.3. The highest BCUT2D eigenvalue weighted by atomic mass is 79.9. The van der Waals surface area contributed by atoms with Crippen molar-refractivity contribution in [1.82, 2.24) is 4.72 Å². The Balaban J connectivity index is 1.58. The predicted molar refractivity (Wildman–Crippen MR) is 133 cm³/mol. The number of hydrogen-bond donors (Lipinski definition) is 1. The van der Waals surface area contributed by atoms with Crippen molar-refractivity contribution >= 4 is 49.6 Å². The molecule has 2 heterocycles. The summed E-state index contributed by atoms with van der Waals surface area (Å²) in [6.45, 7) is 1.58. The molecule has 1 N–H and O–H groups in total. The van der Waals surface area contributed by atoms with E-state index in [2.05, 4.69) is 20.7 Å². The van der Waals surface area contributed by atoms with Crippen LogP contribution in [0.2, 0.25) is 0 Å². The molecule has 0 atom stereocenters. The van der Waals surface area contributed by atoms with Gasteiger partial charge in [0.1, 0.15) is 11.5 Å². The minimum atomic E-state index is -3.74. The molecule has 1 aliphatic heterocycles. The summed E-state index contributed by atoms with van der Waals surface area (Å²) in [5, 5.41) is 0. The molecule has 2 aromatic carbocycles. The van der Waals surface area contributed by atoms with Gasteiger partial charge >= 0.3 is 5.97 Å². The third-order valence-corrected chi connectivity index (χ3v) is 7.28. The maximum absolute atomic E-state index is 13.3. The lowest BCUT2D eigenvalue weighted by atomic mass is 10.1. The van der Waals surface area contributed by atoms with Crippen LogP contribution in [-0.2, 0) is 30.9 Å². The van der Waals surface area contributed by atoms with Gasteiger partial charge in [-0.2, -0.15) is 0 Å². The molecule has 1 aromatic heterocycles. The highest BCUT2D eigenvalue weighted by Crippen LogP contribution is 2.35. The number of furan rings is 1. The molecule has 180 valence electrons. The number of para-hydroxylation sites is 1. The zero-order chi connectivity index (χ0) is 25.2. The van der Waals surface area contributed by atoms with Crippen LogP contribution in [0.15, 0.2) is 97.4 Å². The van der Waals surface area contributed by atoms with Gasteiger partial charge in [0.15, 0.2) is 0 Å². The number of allylic oxidation sites excluding steroid dienone is 1. The molecule has 35 heavy (non-hydrogen) atoms. The molecular weight excluding hydrogens is 536 g/mol. The van der Waals surface area contributed by atoms with Gasteiger partial charge in [0.05, 0.1) is 29.7 Å². The van der Waals surface area contributed by atoms with Crippen molar-refractivity contribution in [1.29, 1.82) is 0 Å². The first-order valence-corrected chi connectivity index (χ1v) is 12.7. The first kappa shape index (κ1) is 24.6. The monoisotopic (exact) mass is 556 g/mol. The summed E-state index contributed by atoms with van der Waals surface area (Å²) in [5.41, 5.74) is 1.31. The maximum atomic E-state index is 13.3. The Labute approximate surface area is 211 Å². The Morgan fingerprint density at radius 1 is 1.09 bits per heavy atom. The molecule has 0 bridgehead atoms. The zero-order valence-corrected chi connectivity index (χ0v) is 21.2. The molecule has 0 fully saturated rings. The van der Waals surface area contributed by atoms with Gasteiger partial charge in [-0.25, -0.2) is 17.9 Å². The zero-order valence-electron chi connectivity index (χ0n) is 18.8. The maximum Gasteiger partial charge on any atom is 0.340 e. The Hall–Kier alpha value is -3.47. The van der Waals surface area contributed by atoms with Crippen molar-refractivity contribution in [3.63, 3.8) is 0 Å². The molecule has 10 heteroatoms. The minimum absolute atomic E-state index is 0.0929. The van der Waals surface area contributed by atoms with Gasteiger partial charge in [-0.05, 0) is 61.5 Å². The molecule has 0 saturated carbocycles. The topological polar surface area (TPSA) is 106 Å². The van der Waals surface area contributed by atoms with E-state index in [-0.39, 0.29) is 28.3 Å². The molecule has 0 spiro atoms. The first-order valence-electron chi connectivity index (χ1n) is 10.5. The van der Waals surface area contributed by atoms with Gasteiger partial charge in [-0.3, -0.25) is 9.69 Å². The van der Waals surface area contributed by atoms with Gasteiger partial charge < -0.3 is 9.15 Å². The highest BCUT2D eigenvalue weighted by Gasteiger charge is 2.38. The van der Waals surface area contributed by atoms with Crippen LogP contribution in [0.1, 0.15) is 18.4 Å². The average Bonchev–Trinajstić information content (AvgIpc) is 3.40. The number of nitrogens with zero attached hydrogens (tertiary/aromatic N) is 1. The van der Waals surface area contributed by atoms with Crippen LogP contribution in [0.3, 0.4) is 0 Å². The summed E-state index contributed by atoms with van der Waals surface area (Å²) >= 11 is 3.27. The number of anilines is 1. The quantitative estimate of drug-likeness (QED) is 0.341. The molecule has 4 rings (SSSR count). The van der Waals surface area contributed by atoms with E-state index in [9.17, 15) is 18.0 Å². The largest absolute Gasteiger partial charge is 0.465 e. The fraction of sp³-hybridized carbons (Fsp3) is 0.120. The lowest BCUT2D eigenvalue weighted by Crippen LogP contribution is -2.24. The molecule has 3 aromatic rings. The molecule has 0 saturated heterocycles. The predicted octanol–water partition coefficient (Wildman–Crippen LogP) is 4.40. The number of carbonyl (C=O) groups excluding carboxylic acids is 2. The van der Waals surface area contributed by atoms with Crippen LogP contribution in [0.25, 0.3) is 6.08 Å². The first-order chi connectivity index (χ1) is 16.7. The van der Waals surface area contributed by atoms with Crippen LogP contribution in [0, 0.1) is 0 Å². The third kappa shape index (κ3) is 5.14. The standard InChI is InChI=1S/C25H21BrN2O6S/c1-16-23(25(30)33-2)22(24(29)28(16)18-6-4-3-5-7-18)14-19-10-11-20(34-19)15-27-35(31,32)21-12-8-17(26)9-13-21/h3-14,27H,15H2,1-2H3/b22-14+. The number of amides is 1. The smallest absolute Gasteiger partial charge is 0.340 e. The number of benzene rings is 2. The number of nitrogens with one attached hydrogen (secondary N) is 1. The summed E-state index contributed by atoms with van der Waals surface area (Å²) < 4.78 is 38.9. The van der Waals surface area contributed by atoms with Gasteiger partial charge in [0.2, 0.25) is 10.0 Å². The van der Waals surface area contributed by atoms with E-state index in [0.29, 0.717) is 17.1 Å². The van der Waals surface area contributed by atoms with E-state index in [0.717, 1.165) is 4.47 Å². The number of rotatable bonds is 7. The number of halogens is 1. The van der Waals surface area contributed by atoms with Gasteiger partial charge in [-0.15, -0.1) is 0 Å². The Morgan fingerprint density at radius 2 is 1.77 bits per heavy atom. The molecule has 0 radical (unpaired) electrons. The van der Waals surface area contributed by atoms with Crippen LogP contribution >= 0.6 is 15.9 Å². The summed E-state index contributed by atoms with van der Waals surface area (Å²) in [6.07, 6.45) is 1.45. The number of carbonyl (C=O) groups is 2. The van der Waals surface area contributed by atoms with Crippen molar-refractivity contribution in [2.24, 2.45) is 0 Å². The molecule has 0 unspecified atom stereocenters. The molecule has 0 aliphatic carbocycles. The number of methoxy groups -OCH3 is 1. The van der Waals surface area contributed by atoms with Gasteiger partial charge in [0.25, 0.3) is 5.91 Å².